The maximum Gasteiger partial charge on any atom is 0.309 e. The van der Waals surface area contributed by atoms with E-state index in [1.54, 1.807) is 11.3 Å². The molecule has 1 fully saturated rings. The molecule has 0 N–H and O–H groups in total. The lowest BCUT2D eigenvalue weighted by Gasteiger charge is -2.21. The minimum atomic E-state index is -0.0275. The van der Waals surface area contributed by atoms with E-state index in [9.17, 15) is 4.79 Å². The van der Waals surface area contributed by atoms with Gasteiger partial charge < -0.3 is 4.74 Å². The minimum absolute atomic E-state index is 0.0275. The lowest BCUT2D eigenvalue weighted by molar-refractivity contribution is -0.146. The van der Waals surface area contributed by atoms with Crippen molar-refractivity contribution in [1.29, 1.82) is 0 Å². The largest absolute Gasteiger partial charge is 0.469 e. The summed E-state index contributed by atoms with van der Waals surface area (Å²) in [5, 5.41) is 2.09. The highest BCUT2D eigenvalue weighted by Crippen LogP contribution is 2.39. The van der Waals surface area contributed by atoms with Crippen LogP contribution in [0.1, 0.15) is 42.9 Å². The Kier molecular flexibility index (Phi) is 3.99. The van der Waals surface area contributed by atoms with Crippen molar-refractivity contribution in [3.8, 4) is 0 Å². The number of ether oxygens (including phenoxy) is 1. The van der Waals surface area contributed by atoms with Crippen LogP contribution in [0.2, 0.25) is 0 Å². The zero-order valence-corrected chi connectivity index (χ0v) is 10.5. The van der Waals surface area contributed by atoms with Crippen LogP contribution in [0.5, 0.6) is 0 Å². The fourth-order valence-electron chi connectivity index (χ4n) is 2.58. The molecular formula is C13H18O2S. The number of rotatable bonds is 2. The zero-order valence-electron chi connectivity index (χ0n) is 9.65. The van der Waals surface area contributed by atoms with Crippen LogP contribution < -0.4 is 0 Å². The molecule has 16 heavy (non-hydrogen) atoms. The number of esters is 1. The van der Waals surface area contributed by atoms with Crippen molar-refractivity contribution in [1.82, 2.24) is 0 Å². The van der Waals surface area contributed by atoms with Crippen molar-refractivity contribution in [2.45, 2.75) is 38.0 Å². The fourth-order valence-corrected chi connectivity index (χ4v) is 3.51. The molecule has 2 atom stereocenters. The Hall–Kier alpha value is -0.830. The first kappa shape index (κ1) is 11.6. The van der Waals surface area contributed by atoms with Gasteiger partial charge in [0.2, 0.25) is 0 Å². The van der Waals surface area contributed by atoms with Crippen LogP contribution in [0.15, 0.2) is 17.5 Å². The Balaban J connectivity index is 2.19. The quantitative estimate of drug-likeness (QED) is 0.581. The standard InChI is InChI=1S/C13H18O2S/c1-15-13(14)11-7-4-2-3-6-10(11)12-8-5-9-16-12/h5,8-11H,2-4,6-7H2,1H3. The molecule has 0 spiro atoms. The first-order chi connectivity index (χ1) is 7.83. The third-order valence-electron chi connectivity index (χ3n) is 3.43. The Morgan fingerprint density at radius 1 is 1.38 bits per heavy atom. The SMILES string of the molecule is COC(=O)C1CCCCCC1c1cccs1. The van der Waals surface area contributed by atoms with Crippen molar-refractivity contribution < 1.29 is 9.53 Å². The second-order valence-corrected chi connectivity index (χ2v) is 5.37. The van der Waals surface area contributed by atoms with Gasteiger partial charge in [0, 0.05) is 10.8 Å². The highest BCUT2D eigenvalue weighted by Gasteiger charge is 2.31. The molecule has 1 aromatic heterocycles. The molecular weight excluding hydrogens is 220 g/mol. The average Bonchev–Trinajstić information content (AvgIpc) is 2.72. The van der Waals surface area contributed by atoms with E-state index in [-0.39, 0.29) is 11.9 Å². The van der Waals surface area contributed by atoms with E-state index in [0.29, 0.717) is 5.92 Å². The van der Waals surface area contributed by atoms with Gasteiger partial charge in [0.25, 0.3) is 0 Å². The van der Waals surface area contributed by atoms with Crippen molar-refractivity contribution in [2.24, 2.45) is 5.92 Å². The molecule has 1 aromatic rings. The van der Waals surface area contributed by atoms with Crippen LogP contribution >= 0.6 is 11.3 Å². The van der Waals surface area contributed by atoms with Crippen LogP contribution in [0.4, 0.5) is 0 Å². The van der Waals surface area contributed by atoms with Gasteiger partial charge in [0.1, 0.15) is 0 Å². The topological polar surface area (TPSA) is 26.3 Å². The van der Waals surface area contributed by atoms with E-state index in [1.165, 1.54) is 24.8 Å². The number of hydrogen-bond acceptors (Lipinski definition) is 3. The number of thiophene rings is 1. The second kappa shape index (κ2) is 5.48. The smallest absolute Gasteiger partial charge is 0.309 e. The molecule has 0 aliphatic heterocycles. The molecule has 0 amide bonds. The first-order valence-corrected chi connectivity index (χ1v) is 6.82. The van der Waals surface area contributed by atoms with Crippen molar-refractivity contribution >= 4 is 17.3 Å². The maximum absolute atomic E-state index is 11.8. The minimum Gasteiger partial charge on any atom is -0.469 e. The summed E-state index contributed by atoms with van der Waals surface area (Å²) in [6.07, 6.45) is 5.74. The molecule has 1 saturated carbocycles. The lowest BCUT2D eigenvalue weighted by atomic mass is 9.87. The third-order valence-corrected chi connectivity index (χ3v) is 4.43. The van der Waals surface area contributed by atoms with Crippen LogP contribution in [0.25, 0.3) is 0 Å². The molecule has 0 aromatic carbocycles. The molecule has 0 bridgehead atoms. The van der Waals surface area contributed by atoms with Gasteiger partial charge in [-0.1, -0.05) is 25.3 Å². The molecule has 3 heteroatoms. The van der Waals surface area contributed by atoms with E-state index < -0.39 is 0 Å². The van der Waals surface area contributed by atoms with Crippen LogP contribution in [-0.4, -0.2) is 13.1 Å². The highest BCUT2D eigenvalue weighted by atomic mass is 32.1. The summed E-state index contributed by atoms with van der Waals surface area (Å²) >= 11 is 1.76. The van der Waals surface area contributed by atoms with Gasteiger partial charge >= 0.3 is 5.97 Å². The summed E-state index contributed by atoms with van der Waals surface area (Å²) in [7, 11) is 1.50. The van der Waals surface area contributed by atoms with Gasteiger partial charge in [0.15, 0.2) is 0 Å². The third kappa shape index (κ3) is 2.46. The van der Waals surface area contributed by atoms with Crippen molar-refractivity contribution in [3.05, 3.63) is 22.4 Å². The molecule has 0 saturated heterocycles. The van der Waals surface area contributed by atoms with E-state index >= 15 is 0 Å². The molecule has 2 rings (SSSR count). The Labute approximate surface area is 101 Å². The number of carbonyl (C=O) groups excluding carboxylic acids is 1. The fraction of sp³-hybridized carbons (Fsp3) is 0.615. The summed E-state index contributed by atoms with van der Waals surface area (Å²) in [4.78, 5) is 13.2. The average molecular weight is 238 g/mol. The van der Waals surface area contributed by atoms with E-state index in [1.807, 2.05) is 0 Å². The Morgan fingerprint density at radius 2 is 2.19 bits per heavy atom. The molecule has 1 aliphatic carbocycles. The van der Waals surface area contributed by atoms with Crippen molar-refractivity contribution in [3.63, 3.8) is 0 Å². The van der Waals surface area contributed by atoms with E-state index in [2.05, 4.69) is 17.5 Å². The van der Waals surface area contributed by atoms with Crippen LogP contribution in [0.3, 0.4) is 0 Å². The van der Waals surface area contributed by atoms with Gasteiger partial charge in [-0.3, -0.25) is 4.79 Å². The summed E-state index contributed by atoms with van der Waals surface area (Å²) < 4.78 is 4.94. The summed E-state index contributed by atoms with van der Waals surface area (Å²) in [5.74, 6) is 0.432. The summed E-state index contributed by atoms with van der Waals surface area (Å²) in [6, 6.07) is 4.22. The highest BCUT2D eigenvalue weighted by molar-refractivity contribution is 7.10. The van der Waals surface area contributed by atoms with Gasteiger partial charge in [-0.15, -0.1) is 11.3 Å². The molecule has 1 heterocycles. The van der Waals surface area contributed by atoms with Gasteiger partial charge in [-0.2, -0.15) is 0 Å². The maximum atomic E-state index is 11.8. The second-order valence-electron chi connectivity index (χ2n) is 4.39. The van der Waals surface area contributed by atoms with Gasteiger partial charge in [-0.05, 0) is 24.3 Å². The molecule has 2 unspecified atom stereocenters. The van der Waals surface area contributed by atoms with Gasteiger partial charge in [0.05, 0.1) is 13.0 Å². The lowest BCUT2D eigenvalue weighted by Crippen LogP contribution is -2.22. The van der Waals surface area contributed by atoms with E-state index in [0.717, 1.165) is 19.3 Å². The molecule has 1 aliphatic rings. The summed E-state index contributed by atoms with van der Waals surface area (Å²) in [6.45, 7) is 0. The monoisotopic (exact) mass is 238 g/mol. The normalized spacial score (nSPS) is 26.1. The van der Waals surface area contributed by atoms with Crippen LogP contribution in [0, 0.1) is 5.92 Å². The summed E-state index contributed by atoms with van der Waals surface area (Å²) in [5.41, 5.74) is 0. The van der Waals surface area contributed by atoms with E-state index in [4.69, 9.17) is 4.74 Å². The van der Waals surface area contributed by atoms with Crippen LogP contribution in [-0.2, 0) is 9.53 Å². The first-order valence-electron chi connectivity index (χ1n) is 5.94. The predicted octanol–water partition coefficient (Wildman–Crippen LogP) is 3.59. The Morgan fingerprint density at radius 3 is 2.88 bits per heavy atom. The Bertz CT molecular complexity index is 332. The zero-order chi connectivity index (χ0) is 11.4. The molecule has 0 radical (unpaired) electrons. The van der Waals surface area contributed by atoms with Crippen molar-refractivity contribution in [2.75, 3.05) is 7.11 Å². The number of hydrogen-bond donors (Lipinski definition) is 0. The molecule has 88 valence electrons. The number of carbonyl (C=O) groups is 1. The number of methoxy groups -OCH3 is 1. The predicted molar refractivity (Wildman–Crippen MR) is 65.7 cm³/mol. The molecule has 2 nitrogen and oxygen atoms in total. The van der Waals surface area contributed by atoms with Gasteiger partial charge in [-0.25, -0.2) is 0 Å².